The lowest BCUT2D eigenvalue weighted by atomic mass is 10.0. The summed E-state index contributed by atoms with van der Waals surface area (Å²) in [6, 6.07) is 4.33. The van der Waals surface area contributed by atoms with Crippen molar-refractivity contribution in [1.29, 1.82) is 0 Å². The molecule has 0 unspecified atom stereocenters. The van der Waals surface area contributed by atoms with Gasteiger partial charge in [-0.25, -0.2) is 0 Å². The number of hydrogen-bond donors (Lipinski definition) is 3. The molecule has 0 fully saturated rings. The molecule has 0 atom stereocenters. The molecule has 1 heterocycles. The molecule has 0 radical (unpaired) electrons. The number of aryl methyl sites for hydroxylation is 3. The van der Waals surface area contributed by atoms with Crippen LogP contribution >= 0.6 is 12.4 Å². The quantitative estimate of drug-likeness (QED) is 0.795. The first-order chi connectivity index (χ1) is 9.52. The average Bonchev–Trinajstić information content (AvgIpc) is 2.70. The predicted molar refractivity (Wildman–Crippen MR) is 90.1 cm³/mol. The van der Waals surface area contributed by atoms with E-state index >= 15 is 0 Å². The van der Waals surface area contributed by atoms with Gasteiger partial charge in [-0.1, -0.05) is 11.6 Å². The van der Waals surface area contributed by atoms with Crippen molar-refractivity contribution in [3.05, 3.63) is 34.5 Å². The summed E-state index contributed by atoms with van der Waals surface area (Å²) < 4.78 is 0. The minimum atomic E-state index is 0. The van der Waals surface area contributed by atoms with Crippen LogP contribution in [0.15, 0.2) is 12.1 Å². The standard InChI is InChI=1S/C16H23N3O.ClH/c1-10-7-13(9-18-15(20)5-6-17-4)16-14(8-10)11(2)12(3)19-16;/h7-8,17,19H,5-6,9H2,1-4H3,(H,18,20);1H. The Morgan fingerprint density at radius 1 is 1.24 bits per heavy atom. The summed E-state index contributed by atoms with van der Waals surface area (Å²) in [7, 11) is 1.85. The third kappa shape index (κ3) is 3.99. The third-order valence-corrected chi connectivity index (χ3v) is 3.72. The summed E-state index contributed by atoms with van der Waals surface area (Å²) >= 11 is 0. The van der Waals surface area contributed by atoms with Crippen molar-refractivity contribution < 1.29 is 4.79 Å². The number of H-pyrrole nitrogens is 1. The molecule has 21 heavy (non-hydrogen) atoms. The van der Waals surface area contributed by atoms with E-state index in [1.807, 2.05) is 7.05 Å². The zero-order valence-corrected chi connectivity index (χ0v) is 13.9. The van der Waals surface area contributed by atoms with Gasteiger partial charge in [-0.05, 0) is 45.0 Å². The van der Waals surface area contributed by atoms with Gasteiger partial charge in [0.2, 0.25) is 5.91 Å². The van der Waals surface area contributed by atoms with Gasteiger partial charge >= 0.3 is 0 Å². The number of hydrogen-bond acceptors (Lipinski definition) is 2. The number of amides is 1. The van der Waals surface area contributed by atoms with Gasteiger partial charge in [0.15, 0.2) is 0 Å². The Bertz CT molecular complexity index is 634. The number of carbonyl (C=O) groups excluding carboxylic acids is 1. The van der Waals surface area contributed by atoms with Crippen LogP contribution in [0.25, 0.3) is 10.9 Å². The second kappa shape index (κ2) is 7.48. The van der Waals surface area contributed by atoms with Gasteiger partial charge in [-0.3, -0.25) is 4.79 Å². The zero-order chi connectivity index (χ0) is 14.7. The molecule has 0 spiro atoms. The first-order valence-electron chi connectivity index (χ1n) is 7.02. The van der Waals surface area contributed by atoms with Crippen molar-refractivity contribution in [2.45, 2.75) is 33.7 Å². The molecule has 1 amide bonds. The minimum absolute atomic E-state index is 0. The molecule has 0 saturated heterocycles. The maximum Gasteiger partial charge on any atom is 0.221 e. The van der Waals surface area contributed by atoms with Gasteiger partial charge in [0.1, 0.15) is 0 Å². The Kier molecular flexibility index (Phi) is 6.24. The molecule has 2 aromatic rings. The monoisotopic (exact) mass is 309 g/mol. The van der Waals surface area contributed by atoms with Crippen molar-refractivity contribution in [2.24, 2.45) is 0 Å². The van der Waals surface area contributed by atoms with Crippen LogP contribution in [0.5, 0.6) is 0 Å². The number of fused-ring (bicyclic) bond motifs is 1. The molecule has 3 N–H and O–H groups in total. The molecule has 0 aliphatic carbocycles. The largest absolute Gasteiger partial charge is 0.358 e. The Morgan fingerprint density at radius 3 is 2.62 bits per heavy atom. The molecule has 1 aromatic carbocycles. The lowest BCUT2D eigenvalue weighted by Gasteiger charge is -2.08. The Hall–Kier alpha value is -1.52. The first-order valence-corrected chi connectivity index (χ1v) is 7.02. The number of benzene rings is 1. The van der Waals surface area contributed by atoms with Crippen LogP contribution in [0.1, 0.15) is 28.8 Å². The molecule has 0 aliphatic heterocycles. The van der Waals surface area contributed by atoms with Gasteiger partial charge in [0.05, 0.1) is 5.52 Å². The Balaban J connectivity index is 0.00000220. The van der Waals surface area contributed by atoms with Crippen LogP contribution < -0.4 is 10.6 Å². The summed E-state index contributed by atoms with van der Waals surface area (Å²) in [4.78, 5) is 15.1. The Morgan fingerprint density at radius 2 is 1.95 bits per heavy atom. The fourth-order valence-corrected chi connectivity index (χ4v) is 2.45. The van der Waals surface area contributed by atoms with Crippen LogP contribution in [-0.4, -0.2) is 24.5 Å². The summed E-state index contributed by atoms with van der Waals surface area (Å²) in [5.74, 6) is 0.0778. The Labute approximate surface area is 132 Å². The molecule has 0 aliphatic rings. The van der Waals surface area contributed by atoms with Crippen molar-refractivity contribution in [1.82, 2.24) is 15.6 Å². The number of aromatic amines is 1. The van der Waals surface area contributed by atoms with E-state index in [0.717, 1.165) is 11.1 Å². The van der Waals surface area contributed by atoms with Crippen molar-refractivity contribution in [3.63, 3.8) is 0 Å². The number of aromatic nitrogens is 1. The number of nitrogens with one attached hydrogen (secondary N) is 3. The van der Waals surface area contributed by atoms with Crippen LogP contribution in [-0.2, 0) is 11.3 Å². The summed E-state index contributed by atoms with van der Waals surface area (Å²) in [6.07, 6.45) is 0.508. The first kappa shape index (κ1) is 17.5. The summed E-state index contributed by atoms with van der Waals surface area (Å²) in [6.45, 7) is 7.58. The number of carbonyl (C=O) groups is 1. The highest BCUT2D eigenvalue weighted by Crippen LogP contribution is 2.25. The topological polar surface area (TPSA) is 56.9 Å². The number of halogens is 1. The van der Waals surface area contributed by atoms with E-state index in [-0.39, 0.29) is 18.3 Å². The van der Waals surface area contributed by atoms with E-state index < -0.39 is 0 Å². The maximum atomic E-state index is 11.7. The second-order valence-corrected chi connectivity index (χ2v) is 5.35. The van der Waals surface area contributed by atoms with E-state index in [9.17, 15) is 4.79 Å². The van der Waals surface area contributed by atoms with E-state index in [1.54, 1.807) is 0 Å². The molecular weight excluding hydrogens is 286 g/mol. The van der Waals surface area contributed by atoms with Crippen molar-refractivity contribution in [2.75, 3.05) is 13.6 Å². The van der Waals surface area contributed by atoms with Crippen LogP contribution in [0, 0.1) is 20.8 Å². The van der Waals surface area contributed by atoms with E-state index in [4.69, 9.17) is 0 Å². The molecule has 5 heteroatoms. The second-order valence-electron chi connectivity index (χ2n) is 5.35. The van der Waals surface area contributed by atoms with Gasteiger partial charge < -0.3 is 15.6 Å². The highest BCUT2D eigenvalue weighted by atomic mass is 35.5. The maximum absolute atomic E-state index is 11.7. The fraction of sp³-hybridized carbons (Fsp3) is 0.438. The molecular formula is C16H24ClN3O. The molecule has 0 bridgehead atoms. The van der Waals surface area contributed by atoms with Gasteiger partial charge in [0.25, 0.3) is 0 Å². The summed E-state index contributed by atoms with van der Waals surface area (Å²) in [5, 5.41) is 7.21. The van der Waals surface area contributed by atoms with Crippen LogP contribution in [0.3, 0.4) is 0 Å². The van der Waals surface area contributed by atoms with Crippen molar-refractivity contribution >= 4 is 29.2 Å². The van der Waals surface area contributed by atoms with E-state index in [2.05, 4.69) is 48.5 Å². The van der Waals surface area contributed by atoms with Gasteiger partial charge in [-0.2, -0.15) is 0 Å². The van der Waals surface area contributed by atoms with Crippen LogP contribution in [0.4, 0.5) is 0 Å². The van der Waals surface area contributed by atoms with Gasteiger partial charge in [0, 0.05) is 30.6 Å². The highest BCUT2D eigenvalue weighted by molar-refractivity contribution is 5.88. The third-order valence-electron chi connectivity index (χ3n) is 3.72. The van der Waals surface area contributed by atoms with Crippen LogP contribution in [0.2, 0.25) is 0 Å². The highest BCUT2D eigenvalue weighted by Gasteiger charge is 2.10. The molecule has 0 saturated carbocycles. The SMILES string of the molecule is CNCCC(=O)NCc1cc(C)cc2c(C)c(C)[nH]c12.Cl. The predicted octanol–water partition coefficient (Wildman–Crippen LogP) is 2.74. The smallest absolute Gasteiger partial charge is 0.221 e. The number of rotatable bonds is 5. The van der Waals surface area contributed by atoms with E-state index in [0.29, 0.717) is 19.5 Å². The van der Waals surface area contributed by atoms with E-state index in [1.165, 1.54) is 22.2 Å². The summed E-state index contributed by atoms with van der Waals surface area (Å²) in [5.41, 5.74) is 5.98. The molecule has 116 valence electrons. The fourth-order valence-electron chi connectivity index (χ4n) is 2.45. The lowest BCUT2D eigenvalue weighted by Crippen LogP contribution is -2.26. The van der Waals surface area contributed by atoms with Gasteiger partial charge in [-0.15, -0.1) is 12.4 Å². The zero-order valence-electron chi connectivity index (χ0n) is 13.1. The average molecular weight is 310 g/mol. The molecule has 1 aromatic heterocycles. The molecule has 2 rings (SSSR count). The minimum Gasteiger partial charge on any atom is -0.358 e. The lowest BCUT2D eigenvalue weighted by molar-refractivity contribution is -0.121. The van der Waals surface area contributed by atoms with Crippen molar-refractivity contribution in [3.8, 4) is 0 Å². The molecule has 4 nitrogen and oxygen atoms in total. The normalized spacial score (nSPS) is 10.5.